The molecule has 0 saturated carbocycles. The maximum Gasteiger partial charge on any atom is 0.153 e. The normalized spacial score (nSPS) is 10.6. The van der Waals surface area contributed by atoms with Crippen molar-refractivity contribution in [2.75, 3.05) is 0 Å². The highest BCUT2D eigenvalue weighted by Gasteiger charge is 2.02. The zero-order valence-corrected chi connectivity index (χ0v) is 9.49. The van der Waals surface area contributed by atoms with Gasteiger partial charge >= 0.3 is 0 Å². The Labute approximate surface area is 93.7 Å². The van der Waals surface area contributed by atoms with Gasteiger partial charge in [-0.25, -0.2) is 9.67 Å². The van der Waals surface area contributed by atoms with E-state index in [2.05, 4.69) is 10.1 Å². The molecule has 2 aromatic rings. The summed E-state index contributed by atoms with van der Waals surface area (Å²) in [4.78, 5) is 4.41. The molecule has 0 aromatic carbocycles. The zero-order chi connectivity index (χ0) is 10.8. The molecule has 0 fully saturated rings. The van der Waals surface area contributed by atoms with E-state index in [4.69, 9.17) is 11.6 Å². The average molecular weight is 222 g/mol. The van der Waals surface area contributed by atoms with Gasteiger partial charge in [-0.3, -0.25) is 0 Å². The number of nitrogens with zero attached hydrogens (tertiary/aromatic N) is 3. The molecule has 3 nitrogen and oxygen atoms in total. The van der Waals surface area contributed by atoms with E-state index in [1.54, 1.807) is 4.68 Å². The standard InChI is InChI=1S/C11H12ClN3/c1-8-6-13-15(7-8)11-4-10(5-12)3-9(2)14-11/h3-4,6-7H,5H2,1-2H3. The SMILES string of the molecule is Cc1cnn(-c2cc(CCl)cc(C)n2)c1. The maximum atomic E-state index is 5.81. The van der Waals surface area contributed by atoms with Crippen molar-refractivity contribution < 1.29 is 0 Å². The van der Waals surface area contributed by atoms with Gasteiger partial charge in [-0.2, -0.15) is 5.10 Å². The Morgan fingerprint density at radius 3 is 2.73 bits per heavy atom. The highest BCUT2D eigenvalue weighted by molar-refractivity contribution is 6.17. The molecule has 0 aliphatic rings. The zero-order valence-electron chi connectivity index (χ0n) is 8.74. The Hall–Kier alpha value is -1.35. The van der Waals surface area contributed by atoms with Crippen LogP contribution in [0.4, 0.5) is 0 Å². The predicted molar refractivity (Wildman–Crippen MR) is 60.4 cm³/mol. The van der Waals surface area contributed by atoms with E-state index in [1.807, 2.05) is 38.4 Å². The Balaban J connectivity index is 2.48. The first-order chi connectivity index (χ1) is 7.19. The quantitative estimate of drug-likeness (QED) is 0.730. The van der Waals surface area contributed by atoms with E-state index >= 15 is 0 Å². The molecule has 0 amide bonds. The third-order valence-corrected chi connectivity index (χ3v) is 2.41. The number of aromatic nitrogens is 3. The molecule has 0 aliphatic carbocycles. The molecular formula is C11H12ClN3. The third kappa shape index (κ3) is 2.18. The molecule has 0 unspecified atom stereocenters. The predicted octanol–water partition coefficient (Wildman–Crippen LogP) is 2.62. The number of aryl methyl sites for hydroxylation is 2. The summed E-state index contributed by atoms with van der Waals surface area (Å²) in [5.74, 6) is 1.31. The fourth-order valence-corrected chi connectivity index (χ4v) is 1.61. The van der Waals surface area contributed by atoms with Gasteiger partial charge in [0.1, 0.15) is 0 Å². The first-order valence-electron chi connectivity index (χ1n) is 4.74. The molecule has 0 saturated heterocycles. The topological polar surface area (TPSA) is 30.7 Å². The average Bonchev–Trinajstić information content (AvgIpc) is 2.64. The van der Waals surface area contributed by atoms with Crippen LogP contribution in [0.15, 0.2) is 24.5 Å². The van der Waals surface area contributed by atoms with E-state index in [1.165, 1.54) is 0 Å². The second-order valence-electron chi connectivity index (χ2n) is 3.57. The first kappa shape index (κ1) is 10.2. The van der Waals surface area contributed by atoms with Gasteiger partial charge in [0.2, 0.25) is 0 Å². The molecule has 0 radical (unpaired) electrons. The molecule has 0 bridgehead atoms. The number of pyridine rings is 1. The van der Waals surface area contributed by atoms with E-state index < -0.39 is 0 Å². The molecule has 2 rings (SSSR count). The summed E-state index contributed by atoms with van der Waals surface area (Å²) >= 11 is 5.81. The second-order valence-corrected chi connectivity index (χ2v) is 3.84. The summed E-state index contributed by atoms with van der Waals surface area (Å²) < 4.78 is 1.76. The molecule has 2 heterocycles. The van der Waals surface area contributed by atoms with E-state index in [9.17, 15) is 0 Å². The van der Waals surface area contributed by atoms with Crippen LogP contribution in [0.25, 0.3) is 5.82 Å². The van der Waals surface area contributed by atoms with Gasteiger partial charge in [0.25, 0.3) is 0 Å². The van der Waals surface area contributed by atoms with Gasteiger partial charge < -0.3 is 0 Å². The molecule has 0 spiro atoms. The van der Waals surface area contributed by atoms with Crippen molar-refractivity contribution in [3.63, 3.8) is 0 Å². The highest BCUT2D eigenvalue weighted by Crippen LogP contribution is 2.12. The number of halogens is 1. The number of hydrogen-bond acceptors (Lipinski definition) is 2. The lowest BCUT2D eigenvalue weighted by atomic mass is 10.2. The van der Waals surface area contributed by atoms with Gasteiger partial charge in [-0.1, -0.05) is 0 Å². The second kappa shape index (κ2) is 4.03. The summed E-state index contributed by atoms with van der Waals surface area (Å²) in [6.45, 7) is 3.96. The molecule has 0 N–H and O–H groups in total. The van der Waals surface area contributed by atoms with Crippen LogP contribution in [0.5, 0.6) is 0 Å². The molecule has 2 aromatic heterocycles. The van der Waals surface area contributed by atoms with Crippen LogP contribution < -0.4 is 0 Å². The Kier molecular flexibility index (Phi) is 2.73. The van der Waals surface area contributed by atoms with Gasteiger partial charge in [0.05, 0.1) is 6.20 Å². The van der Waals surface area contributed by atoms with Gasteiger partial charge in [-0.05, 0) is 37.1 Å². The Morgan fingerprint density at radius 2 is 2.13 bits per heavy atom. The fourth-order valence-electron chi connectivity index (χ4n) is 1.45. The lowest BCUT2D eigenvalue weighted by Crippen LogP contribution is -2.00. The van der Waals surface area contributed by atoms with Crippen molar-refractivity contribution in [2.45, 2.75) is 19.7 Å². The van der Waals surface area contributed by atoms with Crippen molar-refractivity contribution in [3.05, 3.63) is 41.3 Å². The maximum absolute atomic E-state index is 5.81. The first-order valence-corrected chi connectivity index (χ1v) is 5.27. The lowest BCUT2D eigenvalue weighted by molar-refractivity contribution is 0.838. The van der Waals surface area contributed by atoms with Crippen molar-refractivity contribution in [1.29, 1.82) is 0 Å². The monoisotopic (exact) mass is 221 g/mol. The minimum atomic E-state index is 0.497. The highest BCUT2D eigenvalue weighted by atomic mass is 35.5. The molecule has 78 valence electrons. The van der Waals surface area contributed by atoms with Crippen LogP contribution in [0.1, 0.15) is 16.8 Å². The Bertz CT molecular complexity index is 476. The van der Waals surface area contributed by atoms with Gasteiger partial charge in [0, 0.05) is 17.8 Å². The van der Waals surface area contributed by atoms with Crippen LogP contribution in [-0.2, 0) is 5.88 Å². The van der Waals surface area contributed by atoms with Crippen LogP contribution in [0.3, 0.4) is 0 Å². The molecular weight excluding hydrogens is 210 g/mol. The summed E-state index contributed by atoms with van der Waals surface area (Å²) in [5, 5.41) is 4.21. The summed E-state index contributed by atoms with van der Waals surface area (Å²) in [6.07, 6.45) is 3.75. The summed E-state index contributed by atoms with van der Waals surface area (Å²) in [6, 6.07) is 3.93. The fraction of sp³-hybridized carbons (Fsp3) is 0.273. The minimum absolute atomic E-state index is 0.497. The molecule has 0 atom stereocenters. The van der Waals surface area contributed by atoms with Crippen molar-refractivity contribution in [1.82, 2.24) is 14.8 Å². The largest absolute Gasteiger partial charge is 0.234 e. The van der Waals surface area contributed by atoms with Crippen molar-refractivity contribution in [2.24, 2.45) is 0 Å². The van der Waals surface area contributed by atoms with E-state index in [0.29, 0.717) is 5.88 Å². The Morgan fingerprint density at radius 1 is 1.33 bits per heavy atom. The number of rotatable bonds is 2. The molecule has 4 heteroatoms. The van der Waals surface area contributed by atoms with Crippen LogP contribution >= 0.6 is 11.6 Å². The van der Waals surface area contributed by atoms with E-state index in [-0.39, 0.29) is 0 Å². The lowest BCUT2D eigenvalue weighted by Gasteiger charge is -2.04. The minimum Gasteiger partial charge on any atom is -0.234 e. The van der Waals surface area contributed by atoms with Crippen molar-refractivity contribution in [3.8, 4) is 5.82 Å². The van der Waals surface area contributed by atoms with Crippen LogP contribution in [0.2, 0.25) is 0 Å². The molecule has 15 heavy (non-hydrogen) atoms. The van der Waals surface area contributed by atoms with Crippen LogP contribution in [-0.4, -0.2) is 14.8 Å². The summed E-state index contributed by atoms with van der Waals surface area (Å²) in [7, 11) is 0. The number of hydrogen-bond donors (Lipinski definition) is 0. The van der Waals surface area contributed by atoms with Crippen LogP contribution in [0, 0.1) is 13.8 Å². The smallest absolute Gasteiger partial charge is 0.153 e. The third-order valence-electron chi connectivity index (χ3n) is 2.10. The van der Waals surface area contributed by atoms with Crippen molar-refractivity contribution >= 4 is 11.6 Å². The molecule has 0 aliphatic heterocycles. The van der Waals surface area contributed by atoms with Gasteiger partial charge in [0.15, 0.2) is 5.82 Å². The number of alkyl halides is 1. The van der Waals surface area contributed by atoms with Gasteiger partial charge in [-0.15, -0.1) is 11.6 Å². The van der Waals surface area contributed by atoms with E-state index in [0.717, 1.165) is 22.6 Å². The summed E-state index contributed by atoms with van der Waals surface area (Å²) in [5.41, 5.74) is 3.13.